The quantitative estimate of drug-likeness (QED) is 0.857. The molecule has 17 heavy (non-hydrogen) atoms. The van der Waals surface area contributed by atoms with E-state index >= 15 is 0 Å². The zero-order valence-corrected chi connectivity index (χ0v) is 10.6. The Bertz CT molecular complexity index is 516. The third kappa shape index (κ3) is 1.73. The van der Waals surface area contributed by atoms with Crippen molar-refractivity contribution in [2.45, 2.75) is 12.0 Å². The second-order valence-corrected chi connectivity index (χ2v) is 4.87. The largest absolute Gasteiger partial charge is 0.481 e. The first-order valence-corrected chi connectivity index (χ1v) is 5.68. The number of likely N-dealkylation sites (N-methyl/N-ethyl adjacent to an activating group) is 1. The highest BCUT2D eigenvalue weighted by Gasteiger charge is 2.49. The van der Waals surface area contributed by atoms with Crippen LogP contribution >= 0.6 is 15.9 Å². The number of halogens is 1. The number of hydrogen-bond donors (Lipinski definition) is 2. The number of aliphatic hydroxyl groups is 1. The molecule has 1 aliphatic rings. The predicted octanol–water partition coefficient (Wildman–Crippen LogP) is 1.09. The van der Waals surface area contributed by atoms with Crippen molar-refractivity contribution in [3.8, 4) is 0 Å². The van der Waals surface area contributed by atoms with Crippen molar-refractivity contribution < 1.29 is 19.8 Å². The van der Waals surface area contributed by atoms with Gasteiger partial charge in [0.05, 0.1) is 12.1 Å². The first kappa shape index (κ1) is 12.1. The Labute approximate surface area is 106 Å². The van der Waals surface area contributed by atoms with Crippen molar-refractivity contribution in [1.82, 2.24) is 0 Å². The molecule has 2 rings (SSSR count). The van der Waals surface area contributed by atoms with Crippen LogP contribution in [-0.4, -0.2) is 29.1 Å². The minimum absolute atomic E-state index is 0.321. The van der Waals surface area contributed by atoms with E-state index in [-0.39, 0.29) is 0 Å². The van der Waals surface area contributed by atoms with Gasteiger partial charge >= 0.3 is 5.97 Å². The van der Waals surface area contributed by atoms with Gasteiger partial charge in [0.25, 0.3) is 5.91 Å². The van der Waals surface area contributed by atoms with Crippen LogP contribution in [-0.2, 0) is 15.2 Å². The van der Waals surface area contributed by atoms with E-state index in [1.54, 1.807) is 18.2 Å². The van der Waals surface area contributed by atoms with Crippen LogP contribution < -0.4 is 4.90 Å². The topological polar surface area (TPSA) is 77.8 Å². The van der Waals surface area contributed by atoms with E-state index in [1.807, 2.05) is 0 Å². The number of nitrogens with zero attached hydrogens (tertiary/aromatic N) is 1. The SMILES string of the molecule is CN1C(=O)C(O)(CC(=O)O)c2cc(Br)ccc21. The normalized spacial score (nSPS) is 22.8. The predicted molar refractivity (Wildman–Crippen MR) is 63.7 cm³/mol. The van der Waals surface area contributed by atoms with Gasteiger partial charge < -0.3 is 15.1 Å². The van der Waals surface area contributed by atoms with Crippen molar-refractivity contribution in [2.75, 3.05) is 11.9 Å². The molecule has 0 saturated carbocycles. The molecule has 0 aromatic heterocycles. The van der Waals surface area contributed by atoms with Gasteiger partial charge in [-0.05, 0) is 18.2 Å². The fourth-order valence-corrected chi connectivity index (χ4v) is 2.38. The van der Waals surface area contributed by atoms with E-state index in [0.29, 0.717) is 15.7 Å². The first-order valence-electron chi connectivity index (χ1n) is 4.88. The van der Waals surface area contributed by atoms with Gasteiger partial charge in [-0.25, -0.2) is 0 Å². The van der Waals surface area contributed by atoms with E-state index in [4.69, 9.17) is 5.11 Å². The highest BCUT2D eigenvalue weighted by molar-refractivity contribution is 9.10. The average molecular weight is 300 g/mol. The molecule has 5 nitrogen and oxygen atoms in total. The molecule has 1 unspecified atom stereocenters. The number of aliphatic carboxylic acids is 1. The van der Waals surface area contributed by atoms with E-state index in [0.717, 1.165) is 0 Å². The Morgan fingerprint density at radius 3 is 2.76 bits per heavy atom. The summed E-state index contributed by atoms with van der Waals surface area (Å²) in [6.07, 6.45) is -0.639. The number of fused-ring (bicyclic) bond motifs is 1. The third-order valence-corrected chi connectivity index (χ3v) is 3.32. The zero-order chi connectivity index (χ0) is 12.8. The van der Waals surface area contributed by atoms with Gasteiger partial charge in [-0.2, -0.15) is 0 Å². The molecule has 1 aromatic rings. The number of rotatable bonds is 2. The lowest BCUT2D eigenvalue weighted by molar-refractivity contribution is -0.150. The molecule has 0 spiro atoms. The zero-order valence-electron chi connectivity index (χ0n) is 8.98. The Kier molecular flexibility index (Phi) is 2.71. The molecule has 90 valence electrons. The van der Waals surface area contributed by atoms with Crippen LogP contribution in [0.5, 0.6) is 0 Å². The maximum Gasteiger partial charge on any atom is 0.307 e. The number of carboxylic acid groups (broad SMARTS) is 1. The second-order valence-electron chi connectivity index (χ2n) is 3.96. The summed E-state index contributed by atoms with van der Waals surface area (Å²) in [5.41, 5.74) is -1.12. The monoisotopic (exact) mass is 299 g/mol. The number of amides is 1. The molecule has 0 saturated heterocycles. The molecule has 0 radical (unpaired) electrons. The second kappa shape index (κ2) is 3.82. The minimum atomic E-state index is -1.97. The van der Waals surface area contributed by atoms with Crippen LogP contribution in [0.25, 0.3) is 0 Å². The van der Waals surface area contributed by atoms with Gasteiger partial charge in [0.15, 0.2) is 5.60 Å². The lowest BCUT2D eigenvalue weighted by Crippen LogP contribution is -2.40. The Morgan fingerprint density at radius 1 is 1.53 bits per heavy atom. The van der Waals surface area contributed by atoms with E-state index in [1.165, 1.54) is 11.9 Å². The number of anilines is 1. The van der Waals surface area contributed by atoms with Gasteiger partial charge in [0.1, 0.15) is 0 Å². The highest BCUT2D eigenvalue weighted by Crippen LogP contribution is 2.42. The molecule has 1 aromatic carbocycles. The molecule has 6 heteroatoms. The summed E-state index contributed by atoms with van der Waals surface area (Å²) < 4.78 is 0.683. The van der Waals surface area contributed by atoms with E-state index in [9.17, 15) is 14.7 Å². The summed E-state index contributed by atoms with van der Waals surface area (Å²) in [6, 6.07) is 4.96. The summed E-state index contributed by atoms with van der Waals surface area (Å²) in [4.78, 5) is 24.0. The first-order chi connectivity index (χ1) is 7.86. The molecule has 2 N–H and O–H groups in total. The maximum absolute atomic E-state index is 11.9. The van der Waals surface area contributed by atoms with Gasteiger partial charge in [-0.1, -0.05) is 15.9 Å². The summed E-state index contributed by atoms with van der Waals surface area (Å²) in [5, 5.41) is 19.1. The van der Waals surface area contributed by atoms with Gasteiger partial charge in [0.2, 0.25) is 0 Å². The summed E-state index contributed by atoms with van der Waals surface area (Å²) in [6.45, 7) is 0. The van der Waals surface area contributed by atoms with E-state index in [2.05, 4.69) is 15.9 Å². The molecule has 1 heterocycles. The molecule has 1 aliphatic heterocycles. The van der Waals surface area contributed by atoms with Crippen LogP contribution in [0.2, 0.25) is 0 Å². The molecule has 1 atom stereocenters. The summed E-state index contributed by atoms with van der Waals surface area (Å²) in [7, 11) is 1.51. The van der Waals surface area contributed by atoms with Gasteiger partial charge in [-0.15, -0.1) is 0 Å². The fourth-order valence-electron chi connectivity index (χ4n) is 2.02. The van der Waals surface area contributed by atoms with Crippen molar-refractivity contribution in [3.63, 3.8) is 0 Å². The maximum atomic E-state index is 11.9. The lowest BCUT2D eigenvalue weighted by Gasteiger charge is -2.19. The van der Waals surface area contributed by atoms with Crippen LogP contribution in [0.4, 0.5) is 5.69 Å². The van der Waals surface area contributed by atoms with Gasteiger partial charge in [-0.3, -0.25) is 9.59 Å². The third-order valence-electron chi connectivity index (χ3n) is 2.83. The molecule has 1 amide bonds. The number of carbonyl (C=O) groups is 2. The summed E-state index contributed by atoms with van der Waals surface area (Å²) >= 11 is 3.23. The molecular formula is C11H10BrNO4. The Morgan fingerprint density at radius 2 is 2.18 bits per heavy atom. The van der Waals surface area contributed by atoms with Crippen LogP contribution in [0.1, 0.15) is 12.0 Å². The minimum Gasteiger partial charge on any atom is -0.481 e. The number of hydrogen-bond acceptors (Lipinski definition) is 3. The van der Waals surface area contributed by atoms with Crippen LogP contribution in [0, 0.1) is 0 Å². The van der Waals surface area contributed by atoms with Crippen molar-refractivity contribution in [3.05, 3.63) is 28.2 Å². The van der Waals surface area contributed by atoms with Gasteiger partial charge in [0, 0.05) is 17.1 Å². The standard InChI is InChI=1S/C11H10BrNO4/c1-13-8-3-2-6(12)4-7(8)11(17,10(13)16)5-9(14)15/h2-4,17H,5H2,1H3,(H,14,15). The average Bonchev–Trinajstić information content (AvgIpc) is 2.41. The molecule has 0 aliphatic carbocycles. The number of benzene rings is 1. The lowest BCUT2D eigenvalue weighted by atomic mass is 9.92. The molecular weight excluding hydrogens is 290 g/mol. The highest BCUT2D eigenvalue weighted by atomic mass is 79.9. The van der Waals surface area contributed by atoms with Crippen molar-refractivity contribution in [2.24, 2.45) is 0 Å². The smallest absolute Gasteiger partial charge is 0.307 e. The molecule has 0 fully saturated rings. The Hall–Kier alpha value is -1.40. The Balaban J connectivity index is 2.60. The van der Waals surface area contributed by atoms with Crippen LogP contribution in [0.3, 0.4) is 0 Å². The number of carboxylic acids is 1. The summed E-state index contributed by atoms with van der Waals surface area (Å²) in [5.74, 6) is -1.84. The van der Waals surface area contributed by atoms with Crippen molar-refractivity contribution in [1.29, 1.82) is 0 Å². The molecule has 0 bridgehead atoms. The van der Waals surface area contributed by atoms with Crippen LogP contribution in [0.15, 0.2) is 22.7 Å². The fraction of sp³-hybridized carbons (Fsp3) is 0.273. The number of carbonyl (C=O) groups excluding carboxylic acids is 1. The van der Waals surface area contributed by atoms with Crippen molar-refractivity contribution >= 4 is 33.5 Å². The van der Waals surface area contributed by atoms with E-state index < -0.39 is 23.9 Å².